The number of anilines is 1. The van der Waals surface area contributed by atoms with Gasteiger partial charge in [-0.05, 0) is 25.1 Å². The van der Waals surface area contributed by atoms with Gasteiger partial charge in [0.25, 0.3) is 5.91 Å². The summed E-state index contributed by atoms with van der Waals surface area (Å²) in [6.07, 6.45) is 0. The van der Waals surface area contributed by atoms with E-state index in [4.69, 9.17) is 15.2 Å². The van der Waals surface area contributed by atoms with Crippen molar-refractivity contribution in [2.24, 2.45) is 0 Å². The third kappa shape index (κ3) is 2.89. The maximum Gasteiger partial charge on any atom is 0.251 e. The first-order chi connectivity index (χ1) is 10.1. The fraction of sp³-hybridized carbons (Fsp3) is 0.308. The zero-order valence-electron chi connectivity index (χ0n) is 11.3. The maximum atomic E-state index is 12.2. The topological polar surface area (TPSA) is 99.4 Å². The van der Waals surface area contributed by atoms with E-state index in [-0.39, 0.29) is 11.9 Å². The average Bonchev–Trinajstić information content (AvgIpc) is 2.93. The third-order valence-corrected chi connectivity index (χ3v) is 3.91. The lowest BCUT2D eigenvalue weighted by Gasteiger charge is -2.19. The van der Waals surface area contributed by atoms with E-state index in [0.29, 0.717) is 40.4 Å². The first-order valence-corrected chi connectivity index (χ1v) is 7.24. The van der Waals surface area contributed by atoms with Gasteiger partial charge in [-0.3, -0.25) is 4.79 Å². The van der Waals surface area contributed by atoms with Gasteiger partial charge in [-0.2, -0.15) is 0 Å². The molecular formula is C13H14N4O3S. The maximum absolute atomic E-state index is 12.2. The van der Waals surface area contributed by atoms with Crippen LogP contribution in [0.1, 0.15) is 28.3 Å². The predicted octanol–water partition coefficient (Wildman–Crippen LogP) is 1.38. The lowest BCUT2D eigenvalue weighted by atomic mass is 10.1. The number of ether oxygens (including phenoxy) is 2. The summed E-state index contributed by atoms with van der Waals surface area (Å²) >= 11 is 1.25. The number of nitrogens with zero attached hydrogens (tertiary/aromatic N) is 2. The van der Waals surface area contributed by atoms with Crippen molar-refractivity contribution in [1.82, 2.24) is 15.5 Å². The highest BCUT2D eigenvalue weighted by molar-refractivity contribution is 7.15. The molecule has 0 saturated heterocycles. The number of nitrogens with two attached hydrogens (primary N) is 1. The molecule has 1 aromatic heterocycles. The third-order valence-electron chi connectivity index (χ3n) is 2.98. The molecule has 110 valence electrons. The van der Waals surface area contributed by atoms with Gasteiger partial charge in [-0.25, -0.2) is 0 Å². The van der Waals surface area contributed by atoms with Crippen LogP contribution in [-0.2, 0) is 0 Å². The van der Waals surface area contributed by atoms with Crippen LogP contribution in [0.5, 0.6) is 11.5 Å². The van der Waals surface area contributed by atoms with Crippen LogP contribution in [0.2, 0.25) is 0 Å². The van der Waals surface area contributed by atoms with Gasteiger partial charge >= 0.3 is 0 Å². The molecule has 1 atom stereocenters. The van der Waals surface area contributed by atoms with Gasteiger partial charge in [-0.1, -0.05) is 11.3 Å². The molecule has 2 aromatic rings. The number of amides is 1. The molecule has 0 unspecified atom stereocenters. The van der Waals surface area contributed by atoms with Crippen molar-refractivity contribution >= 4 is 22.4 Å². The van der Waals surface area contributed by atoms with E-state index < -0.39 is 0 Å². The standard InChI is InChI=1S/C13H14N4O3S/c1-7(12-16-17-13(14)21-12)15-11(18)8-2-3-9-10(6-8)20-5-4-19-9/h2-3,6-7H,4-5H2,1H3,(H2,14,17)(H,15,18)/t7-/m0/s1. The van der Waals surface area contributed by atoms with E-state index >= 15 is 0 Å². The zero-order valence-corrected chi connectivity index (χ0v) is 12.1. The highest BCUT2D eigenvalue weighted by Crippen LogP contribution is 2.31. The second kappa shape index (κ2) is 5.57. The van der Waals surface area contributed by atoms with Crippen molar-refractivity contribution in [3.63, 3.8) is 0 Å². The number of aromatic nitrogens is 2. The second-order valence-corrected chi connectivity index (χ2v) is 5.57. The number of nitrogens with one attached hydrogen (secondary N) is 1. The molecule has 0 saturated carbocycles. The average molecular weight is 306 g/mol. The molecule has 2 heterocycles. The number of carbonyl (C=O) groups is 1. The van der Waals surface area contributed by atoms with Crippen LogP contribution in [0, 0.1) is 0 Å². The summed E-state index contributed by atoms with van der Waals surface area (Å²) in [6.45, 7) is 2.84. The van der Waals surface area contributed by atoms with Crippen molar-refractivity contribution in [2.75, 3.05) is 18.9 Å². The molecule has 0 fully saturated rings. The summed E-state index contributed by atoms with van der Waals surface area (Å²) in [7, 11) is 0. The molecule has 1 aliphatic heterocycles. The van der Waals surface area contributed by atoms with Crippen LogP contribution >= 0.6 is 11.3 Å². The van der Waals surface area contributed by atoms with Gasteiger partial charge in [0.2, 0.25) is 5.13 Å². The number of hydrogen-bond donors (Lipinski definition) is 2. The number of fused-ring (bicyclic) bond motifs is 1. The molecule has 7 nitrogen and oxygen atoms in total. The number of benzene rings is 1. The molecule has 1 aliphatic rings. The Hall–Kier alpha value is -2.35. The summed E-state index contributed by atoms with van der Waals surface area (Å²) < 4.78 is 10.9. The summed E-state index contributed by atoms with van der Waals surface area (Å²) in [5.41, 5.74) is 6.04. The van der Waals surface area contributed by atoms with Crippen LogP contribution in [0.15, 0.2) is 18.2 Å². The quantitative estimate of drug-likeness (QED) is 0.889. The normalized spacial score (nSPS) is 14.5. The lowest BCUT2D eigenvalue weighted by molar-refractivity contribution is 0.0938. The summed E-state index contributed by atoms with van der Waals surface area (Å²) in [5.74, 6) is 1.03. The van der Waals surface area contributed by atoms with Gasteiger partial charge in [0, 0.05) is 5.56 Å². The van der Waals surface area contributed by atoms with Crippen LogP contribution < -0.4 is 20.5 Å². The molecule has 3 rings (SSSR count). The monoisotopic (exact) mass is 306 g/mol. The van der Waals surface area contributed by atoms with Gasteiger partial charge in [0.15, 0.2) is 11.5 Å². The predicted molar refractivity (Wildman–Crippen MR) is 77.6 cm³/mol. The van der Waals surface area contributed by atoms with E-state index in [2.05, 4.69) is 15.5 Å². The first kappa shape index (κ1) is 13.6. The molecule has 0 bridgehead atoms. The van der Waals surface area contributed by atoms with Crippen molar-refractivity contribution in [3.8, 4) is 11.5 Å². The Labute approximate surface area is 125 Å². The Balaban J connectivity index is 1.73. The Morgan fingerprint density at radius 2 is 2.10 bits per heavy atom. The summed E-state index contributed by atoms with van der Waals surface area (Å²) in [6, 6.07) is 4.84. The Morgan fingerprint density at radius 3 is 2.81 bits per heavy atom. The van der Waals surface area contributed by atoms with E-state index in [9.17, 15) is 4.79 Å². The lowest BCUT2D eigenvalue weighted by Crippen LogP contribution is -2.27. The van der Waals surface area contributed by atoms with Gasteiger partial charge < -0.3 is 20.5 Å². The van der Waals surface area contributed by atoms with E-state index in [1.165, 1.54) is 11.3 Å². The van der Waals surface area contributed by atoms with Crippen molar-refractivity contribution in [3.05, 3.63) is 28.8 Å². The molecule has 21 heavy (non-hydrogen) atoms. The number of carbonyl (C=O) groups excluding carboxylic acids is 1. The van der Waals surface area contributed by atoms with Crippen molar-refractivity contribution in [1.29, 1.82) is 0 Å². The van der Waals surface area contributed by atoms with E-state index in [1.807, 2.05) is 6.92 Å². The van der Waals surface area contributed by atoms with Crippen LogP contribution in [0.25, 0.3) is 0 Å². The van der Waals surface area contributed by atoms with E-state index in [0.717, 1.165) is 0 Å². The molecule has 0 aliphatic carbocycles. The highest BCUT2D eigenvalue weighted by atomic mass is 32.1. The largest absolute Gasteiger partial charge is 0.486 e. The van der Waals surface area contributed by atoms with E-state index in [1.54, 1.807) is 18.2 Å². The summed E-state index contributed by atoms with van der Waals surface area (Å²) in [5, 5.41) is 11.5. The molecule has 0 spiro atoms. The summed E-state index contributed by atoms with van der Waals surface area (Å²) in [4.78, 5) is 12.2. The molecule has 1 aromatic carbocycles. The van der Waals surface area contributed by atoms with Crippen molar-refractivity contribution < 1.29 is 14.3 Å². The Morgan fingerprint density at radius 1 is 1.33 bits per heavy atom. The molecule has 1 amide bonds. The first-order valence-electron chi connectivity index (χ1n) is 6.43. The van der Waals surface area contributed by atoms with Gasteiger partial charge in [-0.15, -0.1) is 10.2 Å². The molecular weight excluding hydrogens is 292 g/mol. The number of hydrogen-bond acceptors (Lipinski definition) is 7. The van der Waals surface area contributed by atoms with Crippen LogP contribution in [0.4, 0.5) is 5.13 Å². The second-order valence-electron chi connectivity index (χ2n) is 4.53. The minimum Gasteiger partial charge on any atom is -0.486 e. The van der Waals surface area contributed by atoms with Gasteiger partial charge in [0.1, 0.15) is 18.2 Å². The Kier molecular flexibility index (Phi) is 3.61. The zero-order chi connectivity index (χ0) is 14.8. The minimum atomic E-state index is -0.263. The molecule has 8 heteroatoms. The SMILES string of the molecule is C[C@H](NC(=O)c1ccc2c(c1)OCCO2)c1nnc(N)s1. The Bertz CT molecular complexity index is 673. The molecule has 3 N–H and O–H groups in total. The molecule has 0 radical (unpaired) electrons. The fourth-order valence-corrected chi connectivity index (χ4v) is 2.56. The smallest absolute Gasteiger partial charge is 0.251 e. The fourth-order valence-electron chi connectivity index (χ4n) is 1.95. The highest BCUT2D eigenvalue weighted by Gasteiger charge is 2.18. The van der Waals surface area contributed by atoms with Crippen LogP contribution in [0.3, 0.4) is 0 Å². The number of rotatable bonds is 3. The van der Waals surface area contributed by atoms with Gasteiger partial charge in [0.05, 0.1) is 6.04 Å². The van der Waals surface area contributed by atoms with Crippen molar-refractivity contribution in [2.45, 2.75) is 13.0 Å². The minimum absolute atomic E-state index is 0.215. The van der Waals surface area contributed by atoms with Crippen LogP contribution in [-0.4, -0.2) is 29.3 Å². The number of nitrogen functional groups attached to an aromatic ring is 1.